The lowest BCUT2D eigenvalue weighted by Crippen LogP contribution is -1.92. The molecular formula is C20H15N. The molecule has 0 bridgehead atoms. The fraction of sp³-hybridized carbons (Fsp3) is 0. The van der Waals surface area contributed by atoms with Gasteiger partial charge in [0.2, 0.25) is 0 Å². The van der Waals surface area contributed by atoms with Crippen LogP contribution in [0.2, 0.25) is 0 Å². The van der Waals surface area contributed by atoms with Gasteiger partial charge in [0.05, 0.1) is 0 Å². The molecular weight excluding hydrogens is 254 g/mol. The van der Waals surface area contributed by atoms with Crippen LogP contribution in [0.5, 0.6) is 0 Å². The Hall–Kier alpha value is -2.80. The van der Waals surface area contributed by atoms with Crippen molar-refractivity contribution in [2.24, 2.45) is 0 Å². The number of hydrogen-bond donors (Lipinski definition) is 1. The fourth-order valence-corrected chi connectivity index (χ4v) is 2.91. The molecule has 2 N–H and O–H groups in total. The van der Waals surface area contributed by atoms with E-state index in [4.69, 9.17) is 5.73 Å². The third kappa shape index (κ3) is 1.95. The van der Waals surface area contributed by atoms with Gasteiger partial charge in [-0.1, -0.05) is 66.7 Å². The molecule has 0 saturated heterocycles. The van der Waals surface area contributed by atoms with Gasteiger partial charge < -0.3 is 5.73 Å². The topological polar surface area (TPSA) is 26.0 Å². The first kappa shape index (κ1) is 12.0. The van der Waals surface area contributed by atoms with Gasteiger partial charge in [0, 0.05) is 16.6 Å². The van der Waals surface area contributed by atoms with Crippen molar-refractivity contribution in [2.45, 2.75) is 0 Å². The van der Waals surface area contributed by atoms with Crippen molar-refractivity contribution < 1.29 is 0 Å². The van der Waals surface area contributed by atoms with E-state index in [1.807, 2.05) is 18.2 Å². The van der Waals surface area contributed by atoms with Gasteiger partial charge in [0.1, 0.15) is 0 Å². The first-order chi connectivity index (χ1) is 10.3. The summed E-state index contributed by atoms with van der Waals surface area (Å²) in [5.74, 6) is 0. The average Bonchev–Trinajstić information content (AvgIpc) is 2.55. The molecule has 0 radical (unpaired) electrons. The van der Waals surface area contributed by atoms with Crippen LogP contribution in [0.1, 0.15) is 0 Å². The number of anilines is 1. The third-order valence-corrected chi connectivity index (χ3v) is 4.01. The molecule has 0 aliphatic rings. The van der Waals surface area contributed by atoms with E-state index in [-0.39, 0.29) is 0 Å². The van der Waals surface area contributed by atoms with Gasteiger partial charge in [0.25, 0.3) is 0 Å². The second-order valence-electron chi connectivity index (χ2n) is 5.31. The van der Waals surface area contributed by atoms with Crippen LogP contribution in [0, 0.1) is 0 Å². The molecule has 21 heavy (non-hydrogen) atoms. The summed E-state index contributed by atoms with van der Waals surface area (Å²) in [4.78, 5) is 0. The summed E-state index contributed by atoms with van der Waals surface area (Å²) in [5.41, 5.74) is 9.55. The summed E-state index contributed by atoms with van der Waals surface area (Å²) in [6, 6.07) is 27.3. The van der Waals surface area contributed by atoms with Gasteiger partial charge in [0.15, 0.2) is 0 Å². The van der Waals surface area contributed by atoms with E-state index in [1.165, 1.54) is 16.2 Å². The van der Waals surface area contributed by atoms with Crippen molar-refractivity contribution in [2.75, 3.05) is 5.73 Å². The molecule has 1 heteroatoms. The highest BCUT2D eigenvalue weighted by Crippen LogP contribution is 2.34. The minimum atomic E-state index is 0.851. The largest absolute Gasteiger partial charge is 0.398 e. The van der Waals surface area contributed by atoms with Gasteiger partial charge in [-0.05, 0) is 33.9 Å². The molecule has 0 saturated carbocycles. The van der Waals surface area contributed by atoms with Gasteiger partial charge in [-0.15, -0.1) is 0 Å². The van der Waals surface area contributed by atoms with Crippen LogP contribution in [0.3, 0.4) is 0 Å². The molecule has 0 aromatic heterocycles. The van der Waals surface area contributed by atoms with Crippen LogP contribution < -0.4 is 5.73 Å². The zero-order valence-corrected chi connectivity index (χ0v) is 11.6. The quantitative estimate of drug-likeness (QED) is 0.371. The predicted octanol–water partition coefficient (Wildman–Crippen LogP) is 5.24. The normalized spacial score (nSPS) is 11.0. The lowest BCUT2D eigenvalue weighted by atomic mass is 9.96. The summed E-state index contributed by atoms with van der Waals surface area (Å²) in [6.07, 6.45) is 0. The minimum absolute atomic E-state index is 0.851. The first-order valence-electron chi connectivity index (χ1n) is 7.09. The van der Waals surface area contributed by atoms with E-state index >= 15 is 0 Å². The standard InChI is InChI=1S/C20H15N/c21-20-18(14-6-2-1-3-7-14)11-10-17-12-15-8-4-5-9-16(15)13-19(17)20/h1-13H,21H2. The Kier molecular flexibility index (Phi) is 2.65. The number of hydrogen-bond acceptors (Lipinski definition) is 1. The van der Waals surface area contributed by atoms with Gasteiger partial charge in [-0.2, -0.15) is 0 Å². The molecule has 1 nitrogen and oxygen atoms in total. The van der Waals surface area contributed by atoms with Crippen LogP contribution in [0.15, 0.2) is 78.9 Å². The maximum Gasteiger partial charge on any atom is 0.0473 e. The lowest BCUT2D eigenvalue weighted by Gasteiger charge is -2.11. The number of benzene rings is 4. The third-order valence-electron chi connectivity index (χ3n) is 4.01. The highest BCUT2D eigenvalue weighted by atomic mass is 14.6. The highest BCUT2D eigenvalue weighted by molar-refractivity contribution is 6.07. The van der Waals surface area contributed by atoms with Gasteiger partial charge in [-0.3, -0.25) is 0 Å². The lowest BCUT2D eigenvalue weighted by molar-refractivity contribution is 1.64. The molecule has 0 aliphatic heterocycles. The Labute approximate surface area is 123 Å². The molecule has 0 atom stereocenters. The summed E-state index contributed by atoms with van der Waals surface area (Å²) in [6.45, 7) is 0. The van der Waals surface area contributed by atoms with Crippen LogP contribution in [-0.2, 0) is 0 Å². The van der Waals surface area contributed by atoms with E-state index in [0.717, 1.165) is 22.2 Å². The zero-order chi connectivity index (χ0) is 14.2. The Bertz CT molecular complexity index is 940. The summed E-state index contributed by atoms with van der Waals surface area (Å²) in [7, 11) is 0. The summed E-state index contributed by atoms with van der Waals surface area (Å²) < 4.78 is 0. The molecule has 0 aliphatic carbocycles. The molecule has 4 rings (SSSR count). The second kappa shape index (κ2) is 4.64. The van der Waals surface area contributed by atoms with Crippen LogP contribution >= 0.6 is 0 Å². The Morgan fingerprint density at radius 3 is 2.00 bits per heavy atom. The molecule has 0 spiro atoms. The summed E-state index contributed by atoms with van der Waals surface area (Å²) >= 11 is 0. The van der Waals surface area contributed by atoms with Crippen molar-refractivity contribution in [3.05, 3.63) is 78.9 Å². The van der Waals surface area contributed by atoms with Crippen molar-refractivity contribution in [1.29, 1.82) is 0 Å². The maximum absolute atomic E-state index is 6.44. The van der Waals surface area contributed by atoms with E-state index in [1.54, 1.807) is 0 Å². The number of nitrogen functional groups attached to an aromatic ring is 1. The smallest absolute Gasteiger partial charge is 0.0473 e. The summed E-state index contributed by atoms with van der Waals surface area (Å²) in [5, 5.41) is 4.78. The molecule has 0 heterocycles. The Balaban J connectivity index is 2.04. The van der Waals surface area contributed by atoms with Gasteiger partial charge >= 0.3 is 0 Å². The first-order valence-corrected chi connectivity index (χ1v) is 7.09. The molecule has 0 amide bonds. The number of rotatable bonds is 1. The minimum Gasteiger partial charge on any atom is -0.398 e. The van der Waals surface area contributed by atoms with Crippen LogP contribution in [0.25, 0.3) is 32.7 Å². The zero-order valence-electron chi connectivity index (χ0n) is 11.6. The molecule has 4 aromatic rings. The predicted molar refractivity (Wildman–Crippen MR) is 91.3 cm³/mol. The van der Waals surface area contributed by atoms with Crippen molar-refractivity contribution >= 4 is 27.2 Å². The second-order valence-corrected chi connectivity index (χ2v) is 5.31. The molecule has 0 unspecified atom stereocenters. The number of nitrogens with two attached hydrogens (primary N) is 1. The van der Waals surface area contributed by atoms with E-state index in [2.05, 4.69) is 60.7 Å². The maximum atomic E-state index is 6.44. The Morgan fingerprint density at radius 1 is 0.571 bits per heavy atom. The van der Waals surface area contributed by atoms with Crippen LogP contribution in [-0.4, -0.2) is 0 Å². The number of fused-ring (bicyclic) bond motifs is 2. The SMILES string of the molecule is Nc1c(-c2ccccc2)ccc2cc3ccccc3cc12. The van der Waals surface area contributed by atoms with Crippen molar-refractivity contribution in [3.63, 3.8) is 0 Å². The van der Waals surface area contributed by atoms with Crippen molar-refractivity contribution in [1.82, 2.24) is 0 Å². The van der Waals surface area contributed by atoms with E-state index in [9.17, 15) is 0 Å². The Morgan fingerprint density at radius 2 is 1.24 bits per heavy atom. The molecule has 4 aromatic carbocycles. The highest BCUT2D eigenvalue weighted by Gasteiger charge is 2.07. The van der Waals surface area contributed by atoms with Crippen molar-refractivity contribution in [3.8, 4) is 11.1 Å². The molecule has 0 fully saturated rings. The van der Waals surface area contributed by atoms with Gasteiger partial charge in [-0.25, -0.2) is 0 Å². The van der Waals surface area contributed by atoms with E-state index in [0.29, 0.717) is 0 Å². The molecule has 100 valence electrons. The van der Waals surface area contributed by atoms with Crippen LogP contribution in [0.4, 0.5) is 5.69 Å². The van der Waals surface area contributed by atoms with E-state index < -0.39 is 0 Å². The fourth-order valence-electron chi connectivity index (χ4n) is 2.91. The monoisotopic (exact) mass is 269 g/mol. The average molecular weight is 269 g/mol.